The van der Waals surface area contributed by atoms with Crippen molar-refractivity contribution in [1.82, 2.24) is 0 Å². The molecule has 0 aromatic heterocycles. The van der Waals surface area contributed by atoms with Gasteiger partial charge in [-0.15, -0.1) is 0 Å². The molecule has 1 N–H and O–H groups in total. The number of hydrogen-bond donors (Lipinski definition) is 1. The molecule has 0 amide bonds. The van der Waals surface area contributed by atoms with Crippen molar-refractivity contribution in [3.05, 3.63) is 35.4 Å². The lowest BCUT2D eigenvalue weighted by Gasteiger charge is -2.42. The fourth-order valence-corrected chi connectivity index (χ4v) is 3.17. The van der Waals surface area contributed by atoms with E-state index in [1.165, 1.54) is 12.1 Å². The Bertz CT molecular complexity index is 886. The lowest BCUT2D eigenvalue weighted by atomic mass is 9.81. The van der Waals surface area contributed by atoms with Crippen molar-refractivity contribution < 1.29 is 71.0 Å². The lowest BCUT2D eigenvalue weighted by Crippen LogP contribution is -2.72. The average Bonchev–Trinajstić information content (AvgIpc) is 2.66. The van der Waals surface area contributed by atoms with Gasteiger partial charge < -0.3 is 5.11 Å². The molecule has 0 bridgehead atoms. The first kappa shape index (κ1) is 31.2. The first-order valence-corrected chi connectivity index (χ1v) is 9.40. The Morgan fingerprint density at radius 3 is 1.46 bits per heavy atom. The minimum absolute atomic E-state index is 0.0151. The van der Waals surface area contributed by atoms with Crippen molar-refractivity contribution in [1.29, 1.82) is 0 Å². The van der Waals surface area contributed by atoms with E-state index >= 15 is 0 Å². The summed E-state index contributed by atoms with van der Waals surface area (Å²) in [5.74, 6) is -47.0. The van der Waals surface area contributed by atoms with Gasteiger partial charge in [0, 0.05) is 0 Å². The Morgan fingerprint density at radius 1 is 0.629 bits per heavy atom. The van der Waals surface area contributed by atoms with Gasteiger partial charge in [-0.2, -0.15) is 65.9 Å². The van der Waals surface area contributed by atoms with Crippen LogP contribution in [-0.2, 0) is 12.0 Å². The van der Waals surface area contributed by atoms with E-state index in [4.69, 9.17) is 0 Å². The molecule has 0 fully saturated rings. The van der Waals surface area contributed by atoms with Crippen molar-refractivity contribution in [2.24, 2.45) is 0 Å². The van der Waals surface area contributed by atoms with Crippen LogP contribution in [0.4, 0.5) is 65.9 Å². The van der Waals surface area contributed by atoms with Crippen LogP contribution in [-0.4, -0.2) is 46.8 Å². The molecule has 204 valence electrons. The third-order valence-electron chi connectivity index (χ3n) is 5.08. The maximum atomic E-state index is 14.3. The summed E-state index contributed by atoms with van der Waals surface area (Å²) in [5.41, 5.74) is -3.75. The van der Waals surface area contributed by atoms with Crippen LogP contribution < -0.4 is 0 Å². The molecule has 0 saturated heterocycles. The molecule has 0 saturated carbocycles. The number of aryl methyl sites for hydroxylation is 1. The smallest absolute Gasteiger partial charge is 0.385 e. The summed E-state index contributed by atoms with van der Waals surface area (Å²) in [6.07, 6.45) is -10.2. The van der Waals surface area contributed by atoms with Crippen molar-refractivity contribution in [3.8, 4) is 0 Å². The predicted octanol–water partition coefficient (Wildman–Crippen LogP) is 7.61. The van der Waals surface area contributed by atoms with Crippen molar-refractivity contribution in [2.45, 2.75) is 80.4 Å². The van der Waals surface area contributed by atoms with Gasteiger partial charge in [-0.1, -0.05) is 37.6 Å². The quantitative estimate of drug-likeness (QED) is 0.300. The monoisotopic (exact) mass is 546 g/mol. The molecule has 0 aliphatic rings. The minimum atomic E-state index is -8.35. The number of hydrogen-bond acceptors (Lipinski definition) is 1. The molecule has 1 atom stereocenters. The summed E-state index contributed by atoms with van der Waals surface area (Å²) in [7, 11) is 0. The molecular formula is C19H17F15O. The molecule has 1 aromatic carbocycles. The standard InChI is InChI=1S/C19H17F15O/c1-3-6-10-7-4-5-8-11(10)12(2,35)9-13(20,21)14(22,23)15(24,25)16(26,27)17(28,29)18(30,31)19(32,33)34/h4-5,7-8,35H,3,6,9H2,1-2H3. The zero-order chi connectivity index (χ0) is 28.1. The Hall–Kier alpha value is -1.87. The molecule has 35 heavy (non-hydrogen) atoms. The highest BCUT2D eigenvalue weighted by Gasteiger charge is 2.93. The third-order valence-corrected chi connectivity index (χ3v) is 5.08. The molecule has 0 heterocycles. The lowest BCUT2D eigenvalue weighted by molar-refractivity contribution is -0.453. The van der Waals surface area contributed by atoms with E-state index in [1.807, 2.05) is 0 Å². The average molecular weight is 546 g/mol. The summed E-state index contributed by atoms with van der Waals surface area (Å²) in [4.78, 5) is 0. The zero-order valence-corrected chi connectivity index (χ0v) is 17.5. The van der Waals surface area contributed by atoms with Gasteiger partial charge in [0.2, 0.25) is 0 Å². The van der Waals surface area contributed by atoms with Crippen molar-refractivity contribution in [2.75, 3.05) is 0 Å². The predicted molar refractivity (Wildman–Crippen MR) is 90.4 cm³/mol. The molecule has 0 aliphatic heterocycles. The summed E-state index contributed by atoms with van der Waals surface area (Å²) >= 11 is 0. The molecular weight excluding hydrogens is 529 g/mol. The highest BCUT2D eigenvalue weighted by Crippen LogP contribution is 2.63. The SMILES string of the molecule is CCCc1ccccc1C(C)(O)CC(F)(F)C(F)(F)C(F)(F)C(F)(F)C(F)(F)C(F)(F)C(F)(F)F. The van der Waals surface area contributed by atoms with Gasteiger partial charge >= 0.3 is 41.7 Å². The molecule has 0 radical (unpaired) electrons. The first-order valence-electron chi connectivity index (χ1n) is 9.40. The number of aliphatic hydroxyl groups is 1. The van der Waals surface area contributed by atoms with Crippen molar-refractivity contribution >= 4 is 0 Å². The highest BCUT2D eigenvalue weighted by atomic mass is 19.4. The molecule has 0 aliphatic carbocycles. The number of alkyl halides is 15. The number of rotatable bonds is 10. The Labute approximate surface area is 187 Å². The molecule has 16 heteroatoms. The van der Waals surface area contributed by atoms with Crippen LogP contribution in [0.5, 0.6) is 0 Å². The van der Waals surface area contributed by atoms with Gasteiger partial charge in [0.1, 0.15) is 0 Å². The Balaban J connectivity index is 3.57. The summed E-state index contributed by atoms with van der Waals surface area (Å²) in [6, 6.07) is 4.47. The van der Waals surface area contributed by atoms with Gasteiger partial charge in [-0.05, 0) is 24.5 Å². The van der Waals surface area contributed by atoms with E-state index in [0.717, 1.165) is 12.1 Å². The van der Waals surface area contributed by atoms with Gasteiger partial charge in [0.25, 0.3) is 0 Å². The van der Waals surface area contributed by atoms with Crippen LogP contribution in [0.3, 0.4) is 0 Å². The first-order chi connectivity index (χ1) is 15.3. The van der Waals surface area contributed by atoms with E-state index < -0.39 is 59.3 Å². The van der Waals surface area contributed by atoms with Gasteiger partial charge in [-0.25, -0.2) is 0 Å². The second-order valence-corrected chi connectivity index (χ2v) is 7.93. The molecule has 0 spiro atoms. The third kappa shape index (κ3) is 4.78. The summed E-state index contributed by atoms with van der Waals surface area (Å²) in [6.45, 7) is 1.92. The maximum absolute atomic E-state index is 14.3. The van der Waals surface area contributed by atoms with E-state index in [0.29, 0.717) is 6.92 Å². The highest BCUT2D eigenvalue weighted by molar-refractivity contribution is 5.32. The summed E-state index contributed by atoms with van der Waals surface area (Å²) in [5, 5.41) is 10.3. The van der Waals surface area contributed by atoms with Crippen LogP contribution in [0.25, 0.3) is 0 Å². The van der Waals surface area contributed by atoms with Gasteiger partial charge in [0.05, 0.1) is 12.0 Å². The topological polar surface area (TPSA) is 20.2 Å². The molecule has 1 unspecified atom stereocenters. The van der Waals surface area contributed by atoms with Crippen LogP contribution in [0.15, 0.2) is 24.3 Å². The molecule has 1 rings (SSSR count). The second-order valence-electron chi connectivity index (χ2n) is 7.93. The van der Waals surface area contributed by atoms with E-state index in [9.17, 15) is 71.0 Å². The van der Waals surface area contributed by atoms with Crippen LogP contribution in [0.2, 0.25) is 0 Å². The Kier molecular flexibility index (Phi) is 7.93. The zero-order valence-electron chi connectivity index (χ0n) is 17.5. The fraction of sp³-hybridized carbons (Fsp3) is 0.684. The molecule has 1 nitrogen and oxygen atoms in total. The Morgan fingerprint density at radius 2 is 1.03 bits per heavy atom. The van der Waals surface area contributed by atoms with Crippen LogP contribution in [0.1, 0.15) is 37.8 Å². The van der Waals surface area contributed by atoms with E-state index in [2.05, 4.69) is 0 Å². The second kappa shape index (κ2) is 8.91. The number of halogens is 15. The number of benzene rings is 1. The van der Waals surface area contributed by atoms with Crippen LogP contribution >= 0.6 is 0 Å². The van der Waals surface area contributed by atoms with Crippen LogP contribution in [0, 0.1) is 0 Å². The fourth-order valence-electron chi connectivity index (χ4n) is 3.17. The van der Waals surface area contributed by atoms with Crippen molar-refractivity contribution in [3.63, 3.8) is 0 Å². The normalized spacial score (nSPS) is 16.9. The van der Waals surface area contributed by atoms with Gasteiger partial charge in [-0.3, -0.25) is 0 Å². The van der Waals surface area contributed by atoms with Gasteiger partial charge in [0.15, 0.2) is 0 Å². The summed E-state index contributed by atoms with van der Waals surface area (Å²) < 4.78 is 200. The largest absolute Gasteiger partial charge is 0.460 e. The molecule has 1 aromatic rings. The minimum Gasteiger partial charge on any atom is -0.385 e. The maximum Gasteiger partial charge on any atom is 0.460 e. The van der Waals surface area contributed by atoms with E-state index in [1.54, 1.807) is 6.92 Å². The van der Waals surface area contributed by atoms with E-state index in [-0.39, 0.29) is 18.4 Å².